The van der Waals surface area contributed by atoms with Gasteiger partial charge in [-0.3, -0.25) is 0 Å². The number of rotatable bonds is 1. The Morgan fingerprint density at radius 1 is 1.40 bits per heavy atom. The standard InChI is InChI=1S/C13H14N2O4S/c1-19-13(16)10-6-4-8-15(10)12-9-5-2-3-7-11(9)20(17,18)14-12/h2-3,5,7,10H,4,6,8H2,1H3. The molecule has 20 heavy (non-hydrogen) atoms. The minimum atomic E-state index is -3.65. The third-order valence-electron chi connectivity index (χ3n) is 3.61. The predicted octanol–water partition coefficient (Wildman–Crippen LogP) is 0.773. The Balaban J connectivity index is 2.06. The summed E-state index contributed by atoms with van der Waals surface area (Å²) >= 11 is 0. The minimum absolute atomic E-state index is 0.200. The number of carbonyl (C=O) groups is 1. The second-order valence-electron chi connectivity index (χ2n) is 4.76. The van der Waals surface area contributed by atoms with E-state index in [1.165, 1.54) is 13.2 Å². The highest BCUT2D eigenvalue weighted by molar-refractivity contribution is 7.90. The fraction of sp³-hybridized carbons (Fsp3) is 0.385. The SMILES string of the molecule is COC(=O)C1CCCN1C1=NS(=O)(=O)c2ccccc21. The van der Waals surface area contributed by atoms with Gasteiger partial charge in [0.1, 0.15) is 10.9 Å². The number of hydrogen-bond donors (Lipinski definition) is 0. The van der Waals surface area contributed by atoms with Crippen LogP contribution in [0.3, 0.4) is 0 Å². The molecule has 0 aromatic heterocycles. The van der Waals surface area contributed by atoms with Gasteiger partial charge in [0.2, 0.25) is 0 Å². The number of fused-ring (bicyclic) bond motifs is 1. The first-order valence-electron chi connectivity index (χ1n) is 6.33. The maximum atomic E-state index is 12.0. The Bertz CT molecular complexity index is 696. The van der Waals surface area contributed by atoms with E-state index in [0.717, 1.165) is 6.42 Å². The van der Waals surface area contributed by atoms with Crippen LogP contribution in [0.1, 0.15) is 18.4 Å². The Hall–Kier alpha value is -1.89. The number of hydrogen-bond acceptors (Lipinski definition) is 5. The number of ether oxygens (including phenoxy) is 1. The van der Waals surface area contributed by atoms with Crippen molar-refractivity contribution in [3.63, 3.8) is 0 Å². The number of benzene rings is 1. The molecule has 1 aromatic carbocycles. The number of amidine groups is 1. The van der Waals surface area contributed by atoms with Gasteiger partial charge >= 0.3 is 5.97 Å². The van der Waals surface area contributed by atoms with E-state index in [9.17, 15) is 13.2 Å². The third kappa shape index (κ3) is 1.89. The van der Waals surface area contributed by atoms with Crippen LogP contribution in [0, 0.1) is 0 Å². The number of methoxy groups -OCH3 is 1. The molecule has 1 fully saturated rings. The molecule has 7 heteroatoms. The molecule has 0 saturated carbocycles. The maximum absolute atomic E-state index is 12.0. The molecule has 1 aromatic rings. The number of likely N-dealkylation sites (tertiary alicyclic amines) is 1. The average Bonchev–Trinajstić information content (AvgIpc) is 3.02. The second-order valence-corrected chi connectivity index (χ2v) is 6.33. The summed E-state index contributed by atoms with van der Waals surface area (Å²) in [6, 6.07) is 6.21. The summed E-state index contributed by atoms with van der Waals surface area (Å²) in [7, 11) is -2.32. The molecule has 1 unspecified atom stereocenters. The van der Waals surface area contributed by atoms with Crippen LogP contribution in [0.5, 0.6) is 0 Å². The van der Waals surface area contributed by atoms with Gasteiger partial charge in [0.05, 0.1) is 7.11 Å². The van der Waals surface area contributed by atoms with Crippen LogP contribution in [-0.4, -0.2) is 44.8 Å². The number of esters is 1. The Kier molecular flexibility index (Phi) is 3.01. The molecular weight excluding hydrogens is 280 g/mol. The number of nitrogens with zero attached hydrogens (tertiary/aromatic N) is 2. The molecular formula is C13H14N2O4S. The quantitative estimate of drug-likeness (QED) is 0.715. The molecule has 0 amide bonds. The van der Waals surface area contributed by atoms with Crippen LogP contribution >= 0.6 is 0 Å². The summed E-state index contributed by atoms with van der Waals surface area (Å²) in [6.07, 6.45) is 1.45. The average molecular weight is 294 g/mol. The monoisotopic (exact) mass is 294 g/mol. The van der Waals surface area contributed by atoms with E-state index in [2.05, 4.69) is 4.40 Å². The second kappa shape index (κ2) is 4.59. The zero-order valence-corrected chi connectivity index (χ0v) is 11.8. The predicted molar refractivity (Wildman–Crippen MR) is 71.9 cm³/mol. The summed E-state index contributed by atoms with van der Waals surface area (Å²) in [6.45, 7) is 0.600. The minimum Gasteiger partial charge on any atom is -0.467 e. The van der Waals surface area contributed by atoms with Crippen molar-refractivity contribution in [1.29, 1.82) is 0 Å². The molecule has 2 aliphatic heterocycles. The lowest BCUT2D eigenvalue weighted by Crippen LogP contribution is -2.41. The Morgan fingerprint density at radius 2 is 2.15 bits per heavy atom. The smallest absolute Gasteiger partial charge is 0.328 e. The number of carbonyl (C=O) groups excluding carboxylic acids is 1. The largest absolute Gasteiger partial charge is 0.467 e. The summed E-state index contributed by atoms with van der Waals surface area (Å²) in [5.74, 6) is 0.000444. The molecule has 1 saturated heterocycles. The lowest BCUT2D eigenvalue weighted by atomic mass is 10.1. The van der Waals surface area contributed by atoms with Crippen LogP contribution < -0.4 is 0 Å². The van der Waals surface area contributed by atoms with Crippen molar-refractivity contribution in [3.8, 4) is 0 Å². The van der Waals surface area contributed by atoms with Crippen LogP contribution in [0.2, 0.25) is 0 Å². The molecule has 106 valence electrons. The van der Waals surface area contributed by atoms with Gasteiger partial charge in [-0.05, 0) is 25.0 Å². The van der Waals surface area contributed by atoms with E-state index in [1.807, 2.05) is 0 Å². The number of sulfonamides is 1. The summed E-state index contributed by atoms with van der Waals surface area (Å²) in [5, 5.41) is 0. The highest BCUT2D eigenvalue weighted by atomic mass is 32.2. The summed E-state index contributed by atoms with van der Waals surface area (Å²) in [4.78, 5) is 13.7. The summed E-state index contributed by atoms with van der Waals surface area (Å²) in [5.41, 5.74) is 0.559. The molecule has 0 spiro atoms. The first kappa shape index (κ1) is 13.1. The van der Waals surface area contributed by atoms with E-state index in [-0.39, 0.29) is 10.9 Å². The highest BCUT2D eigenvalue weighted by Crippen LogP contribution is 2.31. The lowest BCUT2D eigenvalue weighted by molar-refractivity contribution is -0.144. The van der Waals surface area contributed by atoms with Gasteiger partial charge in [-0.25, -0.2) is 4.79 Å². The van der Waals surface area contributed by atoms with Gasteiger partial charge in [0.15, 0.2) is 5.84 Å². The van der Waals surface area contributed by atoms with Crippen molar-refractivity contribution in [3.05, 3.63) is 29.8 Å². The first-order chi connectivity index (χ1) is 9.54. The zero-order valence-electron chi connectivity index (χ0n) is 10.9. The fourth-order valence-corrected chi connectivity index (χ4v) is 3.91. The van der Waals surface area contributed by atoms with E-state index in [1.54, 1.807) is 23.1 Å². The third-order valence-corrected chi connectivity index (χ3v) is 4.94. The molecule has 0 bridgehead atoms. The van der Waals surface area contributed by atoms with Gasteiger partial charge in [0, 0.05) is 12.1 Å². The topological polar surface area (TPSA) is 76.0 Å². The maximum Gasteiger partial charge on any atom is 0.328 e. The van der Waals surface area contributed by atoms with E-state index in [4.69, 9.17) is 4.74 Å². The van der Waals surface area contributed by atoms with Crippen LogP contribution in [0.25, 0.3) is 0 Å². The van der Waals surface area contributed by atoms with Crippen molar-refractivity contribution in [2.45, 2.75) is 23.8 Å². The lowest BCUT2D eigenvalue weighted by Gasteiger charge is -2.24. The van der Waals surface area contributed by atoms with Crippen molar-refractivity contribution < 1.29 is 17.9 Å². The van der Waals surface area contributed by atoms with Gasteiger partial charge in [-0.2, -0.15) is 8.42 Å². The van der Waals surface area contributed by atoms with Gasteiger partial charge in [-0.15, -0.1) is 4.40 Å². The van der Waals surface area contributed by atoms with Gasteiger partial charge in [-0.1, -0.05) is 12.1 Å². The zero-order chi connectivity index (χ0) is 14.3. The molecule has 0 aliphatic carbocycles. The normalized spacial score (nSPS) is 23.4. The van der Waals surface area contributed by atoms with E-state index >= 15 is 0 Å². The Morgan fingerprint density at radius 3 is 2.90 bits per heavy atom. The molecule has 6 nitrogen and oxygen atoms in total. The van der Waals surface area contributed by atoms with Crippen LogP contribution in [-0.2, 0) is 19.6 Å². The van der Waals surface area contributed by atoms with E-state index < -0.39 is 16.1 Å². The van der Waals surface area contributed by atoms with Gasteiger partial charge < -0.3 is 9.64 Å². The molecule has 0 radical (unpaired) electrons. The summed E-state index contributed by atoms with van der Waals surface area (Å²) < 4.78 is 32.7. The molecule has 2 aliphatic rings. The van der Waals surface area contributed by atoms with Crippen molar-refractivity contribution in [2.24, 2.45) is 4.40 Å². The highest BCUT2D eigenvalue weighted by Gasteiger charge is 2.39. The van der Waals surface area contributed by atoms with Crippen molar-refractivity contribution >= 4 is 21.8 Å². The fourth-order valence-electron chi connectivity index (χ4n) is 2.70. The Labute approximate surface area is 117 Å². The van der Waals surface area contributed by atoms with Crippen LogP contribution in [0.15, 0.2) is 33.6 Å². The molecule has 2 heterocycles. The van der Waals surface area contributed by atoms with E-state index in [0.29, 0.717) is 24.4 Å². The van der Waals surface area contributed by atoms with Crippen molar-refractivity contribution in [2.75, 3.05) is 13.7 Å². The molecule has 0 N–H and O–H groups in total. The van der Waals surface area contributed by atoms with Crippen molar-refractivity contribution in [1.82, 2.24) is 4.90 Å². The first-order valence-corrected chi connectivity index (χ1v) is 7.77. The van der Waals surface area contributed by atoms with Gasteiger partial charge in [0.25, 0.3) is 10.0 Å². The van der Waals surface area contributed by atoms with Crippen LogP contribution in [0.4, 0.5) is 0 Å². The molecule has 1 atom stereocenters. The molecule has 3 rings (SSSR count).